The Labute approximate surface area is 158 Å². The Balaban J connectivity index is 1.70. The minimum Gasteiger partial charge on any atom is -0.348 e. The van der Waals surface area contributed by atoms with Crippen LogP contribution in [0.3, 0.4) is 0 Å². The van der Waals surface area contributed by atoms with Crippen LogP contribution in [0.1, 0.15) is 15.9 Å². The van der Waals surface area contributed by atoms with Crippen molar-refractivity contribution in [2.24, 2.45) is 0 Å². The number of carbonyl (C=O) groups excluding carboxylic acids is 1. The fourth-order valence-corrected chi connectivity index (χ4v) is 3.09. The van der Waals surface area contributed by atoms with E-state index in [1.165, 1.54) is 7.05 Å². The van der Waals surface area contributed by atoms with Crippen LogP contribution in [-0.4, -0.2) is 37.4 Å². The van der Waals surface area contributed by atoms with Gasteiger partial charge >= 0.3 is 0 Å². The molecule has 0 fully saturated rings. The van der Waals surface area contributed by atoms with Crippen LogP contribution >= 0.6 is 0 Å². The summed E-state index contributed by atoms with van der Waals surface area (Å²) in [5.41, 5.74) is 2.78. The number of benzene rings is 2. The minimum absolute atomic E-state index is 0.237. The van der Waals surface area contributed by atoms with Crippen LogP contribution in [0.2, 0.25) is 0 Å². The van der Waals surface area contributed by atoms with Gasteiger partial charge in [0, 0.05) is 31.5 Å². The molecule has 3 aromatic rings. The number of nitrogens with zero attached hydrogens (tertiary/aromatic N) is 3. The molecule has 0 bridgehead atoms. The van der Waals surface area contributed by atoms with E-state index in [0.29, 0.717) is 17.8 Å². The van der Waals surface area contributed by atoms with Gasteiger partial charge in [-0.1, -0.05) is 18.2 Å². The normalized spacial score (nSPS) is 11.2. The molecule has 3 rings (SSSR count). The zero-order valence-electron chi connectivity index (χ0n) is 15.0. The largest absolute Gasteiger partial charge is 0.348 e. The summed E-state index contributed by atoms with van der Waals surface area (Å²) < 4.78 is 26.1. The van der Waals surface area contributed by atoms with Gasteiger partial charge in [0.25, 0.3) is 5.91 Å². The summed E-state index contributed by atoms with van der Waals surface area (Å²) in [4.78, 5) is 12.4. The zero-order valence-corrected chi connectivity index (χ0v) is 15.8. The van der Waals surface area contributed by atoms with Gasteiger partial charge in [-0.15, -0.1) is 0 Å². The van der Waals surface area contributed by atoms with Gasteiger partial charge in [0.05, 0.1) is 17.6 Å². The summed E-state index contributed by atoms with van der Waals surface area (Å²) in [6.45, 7) is 0.347. The molecule has 0 saturated heterocycles. The number of hydrogen-bond acceptors (Lipinski definition) is 4. The quantitative estimate of drug-likeness (QED) is 0.706. The van der Waals surface area contributed by atoms with Gasteiger partial charge in [0.1, 0.15) is 0 Å². The van der Waals surface area contributed by atoms with E-state index in [1.807, 2.05) is 36.5 Å². The highest BCUT2D eigenvalue weighted by atomic mass is 32.2. The summed E-state index contributed by atoms with van der Waals surface area (Å²) in [5.74, 6) is -0.237. The van der Waals surface area contributed by atoms with Crippen molar-refractivity contribution in [3.8, 4) is 5.69 Å². The number of carbonyl (C=O) groups is 1. The van der Waals surface area contributed by atoms with Crippen molar-refractivity contribution in [2.75, 3.05) is 17.6 Å². The monoisotopic (exact) mass is 384 g/mol. The lowest BCUT2D eigenvalue weighted by molar-refractivity contribution is 0.0951. The van der Waals surface area contributed by atoms with Gasteiger partial charge in [0.15, 0.2) is 0 Å². The second-order valence-corrected chi connectivity index (χ2v) is 8.05. The number of hydrogen-bond donors (Lipinski definition) is 1. The SMILES string of the molecule is CN(c1ccc(C(=O)NCc2ccccc2-n2cccn2)cc1)S(C)(=O)=O. The highest BCUT2D eigenvalue weighted by molar-refractivity contribution is 7.92. The molecule has 8 heteroatoms. The average Bonchev–Trinajstić information content (AvgIpc) is 3.19. The summed E-state index contributed by atoms with van der Waals surface area (Å²) in [7, 11) is -1.87. The van der Waals surface area contributed by atoms with Crippen LogP contribution in [0.25, 0.3) is 5.69 Å². The third-order valence-corrected chi connectivity index (χ3v) is 5.38. The van der Waals surface area contributed by atoms with E-state index in [9.17, 15) is 13.2 Å². The van der Waals surface area contributed by atoms with Gasteiger partial charge < -0.3 is 5.32 Å². The first-order valence-corrected chi connectivity index (χ1v) is 10.1. The molecule has 1 N–H and O–H groups in total. The first-order valence-electron chi connectivity index (χ1n) is 8.26. The lowest BCUT2D eigenvalue weighted by Gasteiger charge is -2.16. The van der Waals surface area contributed by atoms with E-state index in [1.54, 1.807) is 35.1 Å². The molecule has 0 spiro atoms. The molecule has 0 aliphatic carbocycles. The number of anilines is 1. The Morgan fingerprint density at radius 2 is 1.81 bits per heavy atom. The minimum atomic E-state index is -3.34. The van der Waals surface area contributed by atoms with Crippen LogP contribution in [-0.2, 0) is 16.6 Å². The summed E-state index contributed by atoms with van der Waals surface area (Å²) >= 11 is 0. The molecule has 7 nitrogen and oxygen atoms in total. The molecule has 27 heavy (non-hydrogen) atoms. The molecule has 0 saturated carbocycles. The first-order chi connectivity index (χ1) is 12.9. The van der Waals surface area contributed by atoms with E-state index >= 15 is 0 Å². The van der Waals surface area contributed by atoms with Crippen LogP contribution in [0.15, 0.2) is 67.0 Å². The van der Waals surface area contributed by atoms with Crippen LogP contribution in [0, 0.1) is 0 Å². The van der Waals surface area contributed by atoms with Crippen LogP contribution < -0.4 is 9.62 Å². The van der Waals surface area contributed by atoms with E-state index in [-0.39, 0.29) is 5.91 Å². The van der Waals surface area contributed by atoms with Crippen molar-refractivity contribution in [3.05, 3.63) is 78.1 Å². The zero-order chi connectivity index (χ0) is 19.4. The summed E-state index contributed by atoms with van der Waals surface area (Å²) in [5, 5.41) is 7.11. The highest BCUT2D eigenvalue weighted by Crippen LogP contribution is 2.17. The van der Waals surface area contributed by atoms with Crippen molar-refractivity contribution < 1.29 is 13.2 Å². The van der Waals surface area contributed by atoms with E-state index in [2.05, 4.69) is 10.4 Å². The van der Waals surface area contributed by atoms with Crippen molar-refractivity contribution in [1.29, 1.82) is 0 Å². The third kappa shape index (κ3) is 4.35. The molecule has 0 unspecified atom stereocenters. The van der Waals surface area contributed by atoms with Crippen molar-refractivity contribution in [2.45, 2.75) is 6.54 Å². The number of sulfonamides is 1. The third-order valence-electron chi connectivity index (χ3n) is 4.17. The van der Waals surface area contributed by atoms with Crippen LogP contribution in [0.5, 0.6) is 0 Å². The average molecular weight is 384 g/mol. The second-order valence-electron chi connectivity index (χ2n) is 6.04. The van der Waals surface area contributed by atoms with E-state index in [4.69, 9.17) is 0 Å². The predicted octanol–water partition coefficient (Wildman–Crippen LogP) is 2.20. The predicted molar refractivity (Wildman–Crippen MR) is 104 cm³/mol. The first kappa shape index (κ1) is 18.7. The lowest BCUT2D eigenvalue weighted by atomic mass is 10.1. The maximum atomic E-state index is 12.4. The van der Waals surface area contributed by atoms with Gasteiger partial charge in [-0.25, -0.2) is 13.1 Å². The van der Waals surface area contributed by atoms with Crippen LogP contribution in [0.4, 0.5) is 5.69 Å². The molecule has 0 aliphatic rings. The van der Waals surface area contributed by atoms with E-state index < -0.39 is 10.0 Å². The van der Waals surface area contributed by atoms with Gasteiger partial charge in [0.2, 0.25) is 10.0 Å². The Morgan fingerprint density at radius 1 is 1.11 bits per heavy atom. The van der Waals surface area contributed by atoms with E-state index in [0.717, 1.165) is 21.8 Å². The summed E-state index contributed by atoms with van der Waals surface area (Å²) in [6, 6.07) is 15.9. The Hall–Kier alpha value is -3.13. The fraction of sp³-hybridized carbons (Fsp3) is 0.158. The van der Waals surface area contributed by atoms with Gasteiger partial charge in [-0.3, -0.25) is 9.10 Å². The standard InChI is InChI=1S/C19H20N4O3S/c1-22(27(2,25)26)17-10-8-15(9-11-17)19(24)20-14-16-6-3-4-7-18(16)23-13-5-12-21-23/h3-13H,14H2,1-2H3,(H,20,24). The molecule has 140 valence electrons. The molecule has 0 radical (unpaired) electrons. The smallest absolute Gasteiger partial charge is 0.251 e. The Bertz CT molecular complexity index is 1030. The number of para-hydroxylation sites is 1. The fourth-order valence-electron chi connectivity index (χ4n) is 2.59. The summed E-state index contributed by atoms with van der Waals surface area (Å²) in [6.07, 6.45) is 4.67. The van der Waals surface area contributed by atoms with Gasteiger partial charge in [-0.2, -0.15) is 5.10 Å². The Kier molecular flexibility index (Phi) is 5.27. The number of amides is 1. The van der Waals surface area contributed by atoms with Gasteiger partial charge in [-0.05, 0) is 42.0 Å². The molecular weight excluding hydrogens is 364 g/mol. The maximum Gasteiger partial charge on any atom is 0.251 e. The molecule has 0 atom stereocenters. The maximum absolute atomic E-state index is 12.4. The lowest BCUT2D eigenvalue weighted by Crippen LogP contribution is -2.25. The Morgan fingerprint density at radius 3 is 2.44 bits per heavy atom. The van der Waals surface area contributed by atoms with Crippen molar-refractivity contribution in [3.63, 3.8) is 0 Å². The molecule has 1 heterocycles. The molecule has 1 aromatic heterocycles. The topological polar surface area (TPSA) is 84.3 Å². The molecular formula is C19H20N4O3S. The van der Waals surface area contributed by atoms with Crippen molar-refractivity contribution in [1.82, 2.24) is 15.1 Å². The van der Waals surface area contributed by atoms with Crippen molar-refractivity contribution >= 4 is 21.6 Å². The number of rotatable bonds is 6. The molecule has 0 aliphatic heterocycles. The highest BCUT2D eigenvalue weighted by Gasteiger charge is 2.13. The molecule has 1 amide bonds. The molecule has 2 aromatic carbocycles. The number of nitrogens with one attached hydrogen (secondary N) is 1. The number of aromatic nitrogens is 2. The second kappa shape index (κ2) is 7.63.